The van der Waals surface area contributed by atoms with Gasteiger partial charge in [-0.15, -0.1) is 0 Å². The van der Waals surface area contributed by atoms with Gasteiger partial charge in [-0.05, 0) is 0 Å². The molecule has 0 amide bonds. The average molecular weight is 153 g/mol. The molecule has 3 heteroatoms. The Morgan fingerprint density at radius 1 is 1.73 bits per heavy atom. The molecular weight excluding hydrogens is 140 g/mol. The highest BCUT2D eigenvalue weighted by molar-refractivity contribution is 5.55. The van der Waals surface area contributed by atoms with Gasteiger partial charge in [0, 0.05) is 18.9 Å². The quantitative estimate of drug-likeness (QED) is 0.466. The average Bonchev–Trinajstić information content (AvgIpc) is 2.04. The minimum absolute atomic E-state index is 0.600. The van der Waals surface area contributed by atoms with Gasteiger partial charge >= 0.3 is 5.88 Å². The normalized spacial score (nSPS) is 29.0. The summed E-state index contributed by atoms with van der Waals surface area (Å²) in [7, 11) is 0. The topological polar surface area (TPSA) is 35.2 Å². The molecule has 0 saturated heterocycles. The third-order valence-corrected chi connectivity index (χ3v) is 1.99. The zero-order chi connectivity index (χ0) is 7.68. The Labute approximate surface area is 66.2 Å². The predicted octanol–water partition coefficient (Wildman–Crippen LogP) is -1.03. The van der Waals surface area contributed by atoms with Crippen molar-refractivity contribution in [3.8, 4) is 0 Å². The molecule has 0 aliphatic carbocycles. The van der Waals surface area contributed by atoms with Crippen molar-refractivity contribution in [3.63, 3.8) is 0 Å². The first-order valence-electron chi connectivity index (χ1n) is 4.06. The van der Waals surface area contributed by atoms with E-state index in [1.807, 2.05) is 0 Å². The second-order valence-corrected chi connectivity index (χ2v) is 3.08. The third-order valence-electron chi connectivity index (χ3n) is 1.99. The van der Waals surface area contributed by atoms with E-state index in [1.165, 1.54) is 5.70 Å². The SMILES string of the molecule is CC1C=[NH+]C2=C(C1)NCCO2. The van der Waals surface area contributed by atoms with Gasteiger partial charge in [0.25, 0.3) is 0 Å². The molecule has 0 fully saturated rings. The Kier molecular flexibility index (Phi) is 1.56. The summed E-state index contributed by atoms with van der Waals surface area (Å²) in [5, 5.41) is 3.32. The summed E-state index contributed by atoms with van der Waals surface area (Å²) in [5.41, 5.74) is 1.23. The largest absolute Gasteiger partial charge is 0.441 e. The number of hydrogen-bond acceptors (Lipinski definition) is 2. The van der Waals surface area contributed by atoms with E-state index in [1.54, 1.807) is 0 Å². The summed E-state index contributed by atoms with van der Waals surface area (Å²) in [6.07, 6.45) is 3.15. The van der Waals surface area contributed by atoms with Gasteiger partial charge in [0.2, 0.25) is 0 Å². The molecule has 1 atom stereocenters. The first-order valence-corrected chi connectivity index (χ1v) is 4.06. The van der Waals surface area contributed by atoms with Crippen LogP contribution in [0.25, 0.3) is 0 Å². The van der Waals surface area contributed by atoms with Crippen molar-refractivity contribution in [2.45, 2.75) is 13.3 Å². The van der Waals surface area contributed by atoms with Crippen LogP contribution < -0.4 is 10.3 Å². The van der Waals surface area contributed by atoms with Crippen LogP contribution in [-0.2, 0) is 4.74 Å². The molecule has 3 nitrogen and oxygen atoms in total. The van der Waals surface area contributed by atoms with Crippen LogP contribution in [0.3, 0.4) is 0 Å². The van der Waals surface area contributed by atoms with E-state index in [-0.39, 0.29) is 0 Å². The highest BCUT2D eigenvalue weighted by atomic mass is 16.5. The van der Waals surface area contributed by atoms with E-state index in [9.17, 15) is 0 Å². The molecule has 0 radical (unpaired) electrons. The summed E-state index contributed by atoms with van der Waals surface area (Å²) in [5.74, 6) is 1.53. The lowest BCUT2D eigenvalue weighted by Gasteiger charge is -2.20. The van der Waals surface area contributed by atoms with Crippen molar-refractivity contribution in [3.05, 3.63) is 11.6 Å². The van der Waals surface area contributed by atoms with Gasteiger partial charge in [-0.3, -0.25) is 0 Å². The minimum Gasteiger partial charge on any atom is -0.441 e. The van der Waals surface area contributed by atoms with E-state index in [4.69, 9.17) is 4.74 Å². The molecule has 11 heavy (non-hydrogen) atoms. The maximum atomic E-state index is 5.40. The molecule has 2 aliphatic heterocycles. The van der Waals surface area contributed by atoms with Crippen molar-refractivity contribution >= 4 is 6.21 Å². The fraction of sp³-hybridized carbons (Fsp3) is 0.625. The number of rotatable bonds is 0. The molecule has 2 N–H and O–H groups in total. The van der Waals surface area contributed by atoms with Gasteiger partial charge in [-0.2, -0.15) is 4.99 Å². The van der Waals surface area contributed by atoms with E-state index >= 15 is 0 Å². The highest BCUT2D eigenvalue weighted by Gasteiger charge is 2.23. The van der Waals surface area contributed by atoms with E-state index in [0.29, 0.717) is 5.92 Å². The number of hydrogen-bond donors (Lipinski definition) is 2. The van der Waals surface area contributed by atoms with Crippen LogP contribution in [0.2, 0.25) is 0 Å². The van der Waals surface area contributed by atoms with E-state index < -0.39 is 0 Å². The summed E-state index contributed by atoms with van der Waals surface area (Å²) >= 11 is 0. The maximum Gasteiger partial charge on any atom is 0.385 e. The third kappa shape index (κ3) is 1.23. The highest BCUT2D eigenvalue weighted by Crippen LogP contribution is 2.12. The molecule has 0 spiro atoms. The molecule has 2 heterocycles. The summed E-state index contributed by atoms with van der Waals surface area (Å²) in [6.45, 7) is 3.90. The Balaban J connectivity index is 2.20. The van der Waals surface area contributed by atoms with Gasteiger partial charge in [-0.25, -0.2) is 0 Å². The van der Waals surface area contributed by atoms with Crippen LogP contribution in [0.5, 0.6) is 0 Å². The standard InChI is InChI=1S/C8H12N2O/c1-6-4-7-8(10-5-6)11-3-2-9-7/h5-6,9H,2-4H2,1H3/p+1. The molecule has 0 aromatic rings. The molecular formula is C8H13N2O+. The van der Waals surface area contributed by atoms with Crippen LogP contribution in [0, 0.1) is 5.92 Å². The van der Waals surface area contributed by atoms with E-state index in [0.717, 1.165) is 25.5 Å². The van der Waals surface area contributed by atoms with Gasteiger partial charge < -0.3 is 10.1 Å². The molecule has 0 aromatic heterocycles. The lowest BCUT2D eigenvalue weighted by Crippen LogP contribution is -2.72. The summed E-state index contributed by atoms with van der Waals surface area (Å²) < 4.78 is 5.40. The van der Waals surface area contributed by atoms with Gasteiger partial charge in [0.15, 0.2) is 0 Å². The monoisotopic (exact) mass is 153 g/mol. The van der Waals surface area contributed by atoms with Crippen LogP contribution in [0.4, 0.5) is 0 Å². The zero-order valence-corrected chi connectivity index (χ0v) is 6.68. The lowest BCUT2D eigenvalue weighted by molar-refractivity contribution is -0.444. The Bertz CT molecular complexity index is 220. The number of nitrogens with one attached hydrogen (secondary N) is 2. The minimum atomic E-state index is 0.600. The molecule has 2 rings (SSSR count). The van der Waals surface area contributed by atoms with Gasteiger partial charge in [0.1, 0.15) is 18.5 Å². The molecule has 0 saturated carbocycles. The Hall–Kier alpha value is -0.990. The summed E-state index contributed by atoms with van der Waals surface area (Å²) in [6, 6.07) is 0. The van der Waals surface area contributed by atoms with Crippen molar-refractivity contribution in [1.29, 1.82) is 0 Å². The fourth-order valence-electron chi connectivity index (χ4n) is 1.41. The van der Waals surface area contributed by atoms with Crippen LogP contribution in [0.1, 0.15) is 13.3 Å². The van der Waals surface area contributed by atoms with Crippen LogP contribution >= 0.6 is 0 Å². The van der Waals surface area contributed by atoms with Crippen molar-refractivity contribution in [1.82, 2.24) is 5.32 Å². The first-order chi connectivity index (χ1) is 5.36. The predicted molar refractivity (Wildman–Crippen MR) is 41.8 cm³/mol. The Morgan fingerprint density at radius 3 is 3.55 bits per heavy atom. The second-order valence-electron chi connectivity index (χ2n) is 3.08. The fourth-order valence-corrected chi connectivity index (χ4v) is 1.41. The summed E-state index contributed by atoms with van der Waals surface area (Å²) in [4.78, 5) is 3.14. The molecule has 0 bridgehead atoms. The zero-order valence-electron chi connectivity index (χ0n) is 6.68. The number of ether oxygens (including phenoxy) is 1. The lowest BCUT2D eigenvalue weighted by atomic mass is 10.1. The van der Waals surface area contributed by atoms with Crippen LogP contribution in [-0.4, -0.2) is 19.4 Å². The van der Waals surface area contributed by atoms with E-state index in [2.05, 4.69) is 23.4 Å². The van der Waals surface area contributed by atoms with Crippen molar-refractivity contribution in [2.24, 2.45) is 5.92 Å². The smallest absolute Gasteiger partial charge is 0.385 e. The number of allylic oxidation sites excluding steroid dienone is 1. The van der Waals surface area contributed by atoms with Crippen molar-refractivity contribution < 1.29 is 9.73 Å². The van der Waals surface area contributed by atoms with Gasteiger partial charge in [-0.1, -0.05) is 6.92 Å². The molecule has 1 unspecified atom stereocenters. The molecule has 0 aromatic carbocycles. The van der Waals surface area contributed by atoms with Gasteiger partial charge in [0.05, 0.1) is 0 Å². The van der Waals surface area contributed by atoms with Crippen LogP contribution in [0.15, 0.2) is 11.6 Å². The first kappa shape index (κ1) is 6.70. The molecule has 2 aliphatic rings. The second kappa shape index (κ2) is 2.57. The molecule has 60 valence electrons. The Morgan fingerprint density at radius 2 is 2.64 bits per heavy atom. The maximum absolute atomic E-state index is 5.40. The van der Waals surface area contributed by atoms with Crippen molar-refractivity contribution in [2.75, 3.05) is 13.2 Å².